The number of amides is 1. The Morgan fingerprint density at radius 1 is 1.55 bits per heavy atom. The highest BCUT2D eigenvalue weighted by Crippen LogP contribution is 2.21. The lowest BCUT2D eigenvalue weighted by Gasteiger charge is -2.13. The zero-order chi connectivity index (χ0) is 14.8. The van der Waals surface area contributed by atoms with Crippen molar-refractivity contribution < 1.29 is 17.9 Å². The quantitative estimate of drug-likeness (QED) is 0.825. The molecule has 6 nitrogen and oxygen atoms in total. The summed E-state index contributed by atoms with van der Waals surface area (Å²) in [6.45, 7) is 3.00. The Kier molecular flexibility index (Phi) is 4.79. The summed E-state index contributed by atoms with van der Waals surface area (Å²) in [6, 6.07) is 3.21. The molecule has 112 valence electrons. The first-order valence-electron chi connectivity index (χ1n) is 6.39. The Labute approximate surface area is 122 Å². The zero-order valence-corrected chi connectivity index (χ0v) is 12.8. The van der Waals surface area contributed by atoms with Gasteiger partial charge in [-0.3, -0.25) is 4.79 Å². The van der Waals surface area contributed by atoms with Crippen molar-refractivity contribution in [3.8, 4) is 0 Å². The molecule has 0 spiro atoms. The van der Waals surface area contributed by atoms with Gasteiger partial charge in [0, 0.05) is 18.0 Å². The van der Waals surface area contributed by atoms with E-state index in [1.54, 1.807) is 6.07 Å². The largest absolute Gasteiger partial charge is 0.378 e. The predicted octanol–water partition coefficient (Wildman–Crippen LogP) is 0.479. The molecule has 3 N–H and O–H groups in total. The van der Waals surface area contributed by atoms with Gasteiger partial charge in [-0.2, -0.15) is 0 Å². The Morgan fingerprint density at radius 3 is 2.85 bits per heavy atom. The van der Waals surface area contributed by atoms with E-state index in [1.807, 2.05) is 6.92 Å². The second kappa shape index (κ2) is 6.21. The van der Waals surface area contributed by atoms with Crippen LogP contribution in [0.15, 0.2) is 16.3 Å². The van der Waals surface area contributed by atoms with Crippen LogP contribution in [0.5, 0.6) is 0 Å². The van der Waals surface area contributed by atoms with Gasteiger partial charge in [0.05, 0.1) is 12.0 Å². The van der Waals surface area contributed by atoms with Crippen molar-refractivity contribution >= 4 is 27.3 Å². The van der Waals surface area contributed by atoms with Crippen molar-refractivity contribution in [1.29, 1.82) is 0 Å². The van der Waals surface area contributed by atoms with Gasteiger partial charge >= 0.3 is 0 Å². The molecule has 8 heteroatoms. The standard InChI is InChI=1S/C12H18N2O4S2/c1-8-10(5-7-18-8)12(15)14-6-4-9-2-3-11(19-9)20(13,16)17/h2-3,8,10H,4-7H2,1H3,(H,14,15)(H2,13,16,17). The third kappa shape index (κ3) is 3.78. The lowest BCUT2D eigenvalue weighted by molar-refractivity contribution is -0.126. The van der Waals surface area contributed by atoms with E-state index in [-0.39, 0.29) is 22.1 Å². The summed E-state index contributed by atoms with van der Waals surface area (Å²) < 4.78 is 27.8. The molecule has 0 saturated carbocycles. The fourth-order valence-electron chi connectivity index (χ4n) is 2.16. The van der Waals surface area contributed by atoms with E-state index in [4.69, 9.17) is 9.88 Å². The lowest BCUT2D eigenvalue weighted by atomic mass is 10.0. The van der Waals surface area contributed by atoms with Crippen molar-refractivity contribution in [2.75, 3.05) is 13.2 Å². The van der Waals surface area contributed by atoms with E-state index < -0.39 is 10.0 Å². The number of nitrogens with two attached hydrogens (primary N) is 1. The minimum Gasteiger partial charge on any atom is -0.378 e. The van der Waals surface area contributed by atoms with Gasteiger partial charge < -0.3 is 10.1 Å². The number of carbonyl (C=O) groups is 1. The van der Waals surface area contributed by atoms with Crippen LogP contribution >= 0.6 is 11.3 Å². The SMILES string of the molecule is CC1OCCC1C(=O)NCCc1ccc(S(N)(=O)=O)s1. The Hall–Kier alpha value is -0.960. The molecule has 2 rings (SSSR count). The minimum absolute atomic E-state index is 0.00164. The fourth-order valence-corrected chi connectivity index (χ4v) is 3.94. The molecular weight excluding hydrogens is 300 g/mol. The fraction of sp³-hybridized carbons (Fsp3) is 0.583. The van der Waals surface area contributed by atoms with Gasteiger partial charge in [-0.15, -0.1) is 11.3 Å². The highest BCUT2D eigenvalue weighted by molar-refractivity contribution is 7.91. The molecule has 1 amide bonds. The normalized spacial score (nSPS) is 22.9. The summed E-state index contributed by atoms with van der Waals surface area (Å²) in [5, 5.41) is 7.90. The topological polar surface area (TPSA) is 98.5 Å². The van der Waals surface area contributed by atoms with Crippen LogP contribution in [0.3, 0.4) is 0 Å². The van der Waals surface area contributed by atoms with Gasteiger partial charge in [0.15, 0.2) is 0 Å². The van der Waals surface area contributed by atoms with Crippen molar-refractivity contribution in [2.24, 2.45) is 11.1 Å². The van der Waals surface area contributed by atoms with Gasteiger partial charge in [0.25, 0.3) is 0 Å². The van der Waals surface area contributed by atoms with Crippen LogP contribution in [-0.4, -0.2) is 33.6 Å². The molecular formula is C12H18N2O4S2. The lowest BCUT2D eigenvalue weighted by Crippen LogP contribution is -2.35. The first-order valence-corrected chi connectivity index (χ1v) is 8.75. The number of ether oxygens (including phenoxy) is 1. The summed E-state index contributed by atoms with van der Waals surface area (Å²) >= 11 is 1.14. The van der Waals surface area contributed by atoms with Gasteiger partial charge in [0.2, 0.25) is 15.9 Å². The number of thiophene rings is 1. The molecule has 1 aromatic rings. The first-order chi connectivity index (χ1) is 9.38. The molecule has 2 atom stereocenters. The van der Waals surface area contributed by atoms with Crippen LogP contribution in [-0.2, 0) is 26.0 Å². The molecule has 0 aliphatic carbocycles. The molecule has 1 saturated heterocycles. The number of carbonyl (C=O) groups excluding carboxylic acids is 1. The molecule has 2 unspecified atom stereocenters. The van der Waals surface area contributed by atoms with Crippen molar-refractivity contribution in [2.45, 2.75) is 30.1 Å². The number of nitrogens with one attached hydrogen (secondary N) is 1. The molecule has 20 heavy (non-hydrogen) atoms. The van der Waals surface area contributed by atoms with Gasteiger partial charge in [0.1, 0.15) is 4.21 Å². The van der Waals surface area contributed by atoms with E-state index in [1.165, 1.54) is 6.07 Å². The van der Waals surface area contributed by atoms with E-state index >= 15 is 0 Å². The molecule has 0 radical (unpaired) electrons. The number of rotatable bonds is 5. The highest BCUT2D eigenvalue weighted by atomic mass is 32.2. The van der Waals surface area contributed by atoms with Crippen LogP contribution < -0.4 is 10.5 Å². The maximum atomic E-state index is 11.9. The Balaban J connectivity index is 1.81. The third-order valence-electron chi connectivity index (χ3n) is 3.30. The van der Waals surface area contributed by atoms with Crippen LogP contribution in [0.2, 0.25) is 0 Å². The average molecular weight is 318 g/mol. The van der Waals surface area contributed by atoms with E-state index in [9.17, 15) is 13.2 Å². The number of sulfonamides is 1. The molecule has 1 aliphatic heterocycles. The predicted molar refractivity (Wildman–Crippen MR) is 75.9 cm³/mol. The summed E-state index contributed by atoms with van der Waals surface area (Å²) in [4.78, 5) is 12.8. The molecule has 2 heterocycles. The smallest absolute Gasteiger partial charge is 0.247 e. The summed E-state index contributed by atoms with van der Waals surface area (Å²) in [5.41, 5.74) is 0. The Bertz CT molecular complexity index is 582. The van der Waals surface area contributed by atoms with E-state index in [2.05, 4.69) is 5.32 Å². The first kappa shape index (κ1) is 15.4. The minimum atomic E-state index is -3.63. The summed E-state index contributed by atoms with van der Waals surface area (Å²) in [6.07, 6.45) is 1.31. The second-order valence-electron chi connectivity index (χ2n) is 4.78. The summed E-state index contributed by atoms with van der Waals surface area (Å²) in [7, 11) is -3.63. The van der Waals surface area contributed by atoms with Gasteiger partial charge in [-0.25, -0.2) is 13.6 Å². The number of hydrogen-bond acceptors (Lipinski definition) is 5. The summed E-state index contributed by atoms with van der Waals surface area (Å²) in [5.74, 6) is -0.0865. The maximum absolute atomic E-state index is 11.9. The average Bonchev–Trinajstić information content (AvgIpc) is 2.97. The Morgan fingerprint density at radius 2 is 2.30 bits per heavy atom. The van der Waals surface area contributed by atoms with Crippen molar-refractivity contribution in [3.63, 3.8) is 0 Å². The molecule has 1 aliphatic rings. The van der Waals surface area contributed by atoms with Crippen LogP contribution in [0.4, 0.5) is 0 Å². The van der Waals surface area contributed by atoms with Crippen LogP contribution in [0.25, 0.3) is 0 Å². The van der Waals surface area contributed by atoms with Crippen LogP contribution in [0, 0.1) is 5.92 Å². The molecule has 1 fully saturated rings. The van der Waals surface area contributed by atoms with E-state index in [0.717, 1.165) is 22.6 Å². The van der Waals surface area contributed by atoms with E-state index in [0.29, 0.717) is 19.6 Å². The zero-order valence-electron chi connectivity index (χ0n) is 11.2. The molecule has 1 aromatic heterocycles. The maximum Gasteiger partial charge on any atom is 0.247 e. The van der Waals surface area contributed by atoms with Crippen molar-refractivity contribution in [1.82, 2.24) is 5.32 Å². The third-order valence-corrected chi connectivity index (χ3v) is 5.88. The highest BCUT2D eigenvalue weighted by Gasteiger charge is 2.30. The number of primary sulfonamides is 1. The van der Waals surface area contributed by atoms with Gasteiger partial charge in [-0.1, -0.05) is 0 Å². The van der Waals surface area contributed by atoms with Crippen LogP contribution in [0.1, 0.15) is 18.2 Å². The monoisotopic (exact) mass is 318 g/mol. The number of hydrogen-bond donors (Lipinski definition) is 2. The van der Waals surface area contributed by atoms with Gasteiger partial charge in [-0.05, 0) is 31.9 Å². The molecule has 0 aromatic carbocycles. The second-order valence-corrected chi connectivity index (χ2v) is 7.73. The molecule has 0 bridgehead atoms. The van der Waals surface area contributed by atoms with Crippen molar-refractivity contribution in [3.05, 3.63) is 17.0 Å².